The first-order valence-corrected chi connectivity index (χ1v) is 11.9. The Hall–Kier alpha value is -2.64. The molecular formula is C24H25F15O5. The molecule has 0 radical (unpaired) electrons. The van der Waals surface area contributed by atoms with Crippen LogP contribution in [0.25, 0.3) is 0 Å². The van der Waals surface area contributed by atoms with Crippen LogP contribution in [0, 0.1) is 0 Å². The van der Waals surface area contributed by atoms with E-state index in [4.69, 9.17) is 0 Å². The molecule has 20 heteroatoms. The van der Waals surface area contributed by atoms with Gasteiger partial charge in [0.05, 0.1) is 0 Å². The van der Waals surface area contributed by atoms with E-state index in [1.807, 2.05) is 0 Å². The molecule has 2 N–H and O–H groups in total. The van der Waals surface area contributed by atoms with Crippen molar-refractivity contribution < 1.29 is 90.3 Å². The van der Waals surface area contributed by atoms with Gasteiger partial charge in [-0.1, -0.05) is 13.8 Å². The van der Waals surface area contributed by atoms with Gasteiger partial charge in [-0.25, -0.2) is 4.79 Å². The lowest BCUT2D eigenvalue weighted by atomic mass is 9.73. The lowest BCUT2D eigenvalue weighted by molar-refractivity contribution is -0.378. The fourth-order valence-corrected chi connectivity index (χ4v) is 3.91. The molecule has 0 heterocycles. The lowest BCUT2D eigenvalue weighted by Gasteiger charge is -2.41. The van der Waals surface area contributed by atoms with Gasteiger partial charge in [0, 0.05) is 16.7 Å². The summed E-state index contributed by atoms with van der Waals surface area (Å²) >= 11 is 0. The fourth-order valence-electron chi connectivity index (χ4n) is 3.91. The van der Waals surface area contributed by atoms with E-state index in [1.165, 1.54) is 0 Å². The van der Waals surface area contributed by atoms with Gasteiger partial charge in [0.1, 0.15) is 5.60 Å². The Morgan fingerprint density at radius 1 is 0.659 bits per heavy atom. The Balaban J connectivity index is 4.81. The lowest BCUT2D eigenvalue weighted by Crippen LogP contribution is -2.57. The molecule has 5 nitrogen and oxygen atoms in total. The molecule has 44 heavy (non-hydrogen) atoms. The van der Waals surface area contributed by atoms with Gasteiger partial charge >= 0.3 is 37.0 Å². The number of alkyl halides is 15. The van der Waals surface area contributed by atoms with Crippen LogP contribution in [0.2, 0.25) is 0 Å². The maximum atomic E-state index is 14.4. The quantitative estimate of drug-likeness (QED) is 0.233. The van der Waals surface area contributed by atoms with Gasteiger partial charge in [0.25, 0.3) is 11.2 Å². The van der Waals surface area contributed by atoms with E-state index < -0.39 is 106 Å². The van der Waals surface area contributed by atoms with Gasteiger partial charge < -0.3 is 19.7 Å². The second kappa shape index (κ2) is 11.3. The van der Waals surface area contributed by atoms with E-state index >= 15 is 0 Å². The summed E-state index contributed by atoms with van der Waals surface area (Å²) in [4.78, 5) is 12.2. The predicted molar refractivity (Wildman–Crippen MR) is 118 cm³/mol. The summed E-state index contributed by atoms with van der Waals surface area (Å²) in [5.41, 5.74) is -29.9. The molecule has 0 fully saturated rings. The molecule has 256 valence electrons. The highest BCUT2D eigenvalue weighted by atomic mass is 19.4. The molecule has 0 saturated heterocycles. The van der Waals surface area contributed by atoms with Crippen LogP contribution in [0.15, 0.2) is 12.1 Å². The first kappa shape index (κ1) is 39.4. The smallest absolute Gasteiger partial charge is 0.429 e. The molecule has 1 aromatic rings. The van der Waals surface area contributed by atoms with Crippen LogP contribution < -0.4 is 0 Å². The molecule has 1 aromatic carbocycles. The van der Waals surface area contributed by atoms with Gasteiger partial charge in [0.15, 0.2) is 0 Å². The Morgan fingerprint density at radius 2 is 0.977 bits per heavy atom. The minimum Gasteiger partial charge on any atom is -0.429 e. The number of aliphatic hydroxyl groups is 2. The van der Waals surface area contributed by atoms with Crippen molar-refractivity contribution in [3.05, 3.63) is 34.4 Å². The third-order valence-corrected chi connectivity index (χ3v) is 6.47. The van der Waals surface area contributed by atoms with Crippen LogP contribution in [0.4, 0.5) is 70.7 Å². The fraction of sp³-hybridized carbons (Fsp3) is 0.708. The Morgan fingerprint density at radius 3 is 1.20 bits per heavy atom. The first-order chi connectivity index (χ1) is 19.0. The molecule has 2 unspecified atom stereocenters. The van der Waals surface area contributed by atoms with E-state index in [0.717, 1.165) is 27.7 Å². The van der Waals surface area contributed by atoms with Crippen LogP contribution in [0.3, 0.4) is 0 Å². The predicted octanol–water partition coefficient (Wildman–Crippen LogP) is 8.55. The zero-order valence-corrected chi connectivity index (χ0v) is 23.2. The molecule has 0 aliphatic carbocycles. The van der Waals surface area contributed by atoms with E-state index in [-0.39, 0.29) is 6.92 Å². The average Bonchev–Trinajstić information content (AvgIpc) is 2.76. The second-order valence-electron chi connectivity index (χ2n) is 10.8. The molecular weight excluding hydrogens is 653 g/mol. The molecule has 0 aliphatic rings. The standard InChI is InChI=1S/C24H25F15O5/c1-7-10(2)14-12(18(41,21(28,29)30)22(31,32)33)8-11(9-13(14)19(42,23(34,35)36)24(37,38)39)17(6,20(25,26)27)44-15(40)43-16(3,4)5/h8-10,41-42H,7H2,1-6H3. The minimum atomic E-state index is -7.06. The van der Waals surface area contributed by atoms with Gasteiger partial charge in [0.2, 0.25) is 5.60 Å². The topological polar surface area (TPSA) is 76.0 Å². The Bertz CT molecular complexity index is 1120. The van der Waals surface area contributed by atoms with E-state index in [2.05, 4.69) is 9.47 Å². The first-order valence-electron chi connectivity index (χ1n) is 11.9. The normalized spacial score (nSPS) is 16.8. The molecule has 0 amide bonds. The van der Waals surface area contributed by atoms with Crippen LogP contribution in [-0.4, -0.2) is 52.9 Å². The highest BCUT2D eigenvalue weighted by Gasteiger charge is 2.75. The summed E-state index contributed by atoms with van der Waals surface area (Å²) in [6, 6.07) is -1.67. The molecule has 0 aromatic heterocycles. The van der Waals surface area contributed by atoms with Crippen molar-refractivity contribution >= 4 is 6.16 Å². The van der Waals surface area contributed by atoms with Crippen molar-refractivity contribution in [2.24, 2.45) is 0 Å². The van der Waals surface area contributed by atoms with Crippen molar-refractivity contribution in [3.8, 4) is 0 Å². The van der Waals surface area contributed by atoms with Gasteiger partial charge in [-0.15, -0.1) is 0 Å². The van der Waals surface area contributed by atoms with Crippen molar-refractivity contribution in [2.75, 3.05) is 0 Å². The third kappa shape index (κ3) is 6.79. The highest BCUT2D eigenvalue weighted by Crippen LogP contribution is 2.58. The number of carbonyl (C=O) groups is 1. The van der Waals surface area contributed by atoms with Gasteiger partial charge in [-0.05, 0) is 57.7 Å². The van der Waals surface area contributed by atoms with Gasteiger partial charge in [-0.2, -0.15) is 65.9 Å². The largest absolute Gasteiger partial charge is 0.510 e. The summed E-state index contributed by atoms with van der Waals surface area (Å²) in [6.07, 6.45) is -37.7. The summed E-state index contributed by atoms with van der Waals surface area (Å²) in [6.45, 7) is 4.12. The summed E-state index contributed by atoms with van der Waals surface area (Å²) in [7, 11) is 0. The number of carbonyl (C=O) groups excluding carboxylic acids is 1. The Kier molecular flexibility index (Phi) is 10.1. The summed E-state index contributed by atoms with van der Waals surface area (Å²) in [5, 5.41) is 20.2. The summed E-state index contributed by atoms with van der Waals surface area (Å²) < 4.78 is 219. The maximum absolute atomic E-state index is 14.4. The molecule has 0 aliphatic heterocycles. The number of benzene rings is 1. The molecule has 0 bridgehead atoms. The monoisotopic (exact) mass is 678 g/mol. The third-order valence-electron chi connectivity index (χ3n) is 6.47. The molecule has 2 atom stereocenters. The van der Waals surface area contributed by atoms with Crippen LogP contribution >= 0.6 is 0 Å². The van der Waals surface area contributed by atoms with Gasteiger partial charge in [-0.3, -0.25) is 0 Å². The van der Waals surface area contributed by atoms with Crippen LogP contribution in [0.5, 0.6) is 0 Å². The second-order valence-corrected chi connectivity index (χ2v) is 10.8. The highest BCUT2D eigenvalue weighted by molar-refractivity contribution is 5.62. The number of hydrogen-bond donors (Lipinski definition) is 2. The number of ether oxygens (including phenoxy) is 2. The van der Waals surface area contributed by atoms with E-state index in [1.54, 1.807) is 0 Å². The van der Waals surface area contributed by atoms with E-state index in [9.17, 15) is 80.9 Å². The molecule has 0 spiro atoms. The Labute approximate surface area is 238 Å². The van der Waals surface area contributed by atoms with Crippen LogP contribution in [-0.2, 0) is 26.3 Å². The van der Waals surface area contributed by atoms with Crippen molar-refractivity contribution in [1.82, 2.24) is 0 Å². The van der Waals surface area contributed by atoms with Crippen molar-refractivity contribution in [3.63, 3.8) is 0 Å². The number of hydrogen-bond acceptors (Lipinski definition) is 5. The molecule has 0 saturated carbocycles. The summed E-state index contributed by atoms with van der Waals surface area (Å²) in [5.74, 6) is -2.26. The van der Waals surface area contributed by atoms with Crippen molar-refractivity contribution in [1.29, 1.82) is 0 Å². The average molecular weight is 678 g/mol. The number of rotatable bonds is 6. The molecule has 1 rings (SSSR count). The zero-order valence-electron chi connectivity index (χ0n) is 23.2. The van der Waals surface area contributed by atoms with Crippen molar-refractivity contribution in [2.45, 2.75) is 107 Å². The zero-order chi connectivity index (χ0) is 35.5. The SMILES string of the molecule is CCC(C)c1c(C(O)(C(F)(F)F)C(F)(F)F)cc(C(C)(OC(=O)OC(C)(C)C)C(F)(F)F)cc1C(O)(C(F)(F)F)C(F)(F)F. The maximum Gasteiger partial charge on any atom is 0.510 e. The number of halogens is 15. The van der Waals surface area contributed by atoms with Crippen LogP contribution in [0.1, 0.15) is 76.1 Å². The minimum absolute atomic E-state index is 0.330. The van der Waals surface area contributed by atoms with E-state index in [0.29, 0.717) is 6.92 Å².